The molecule has 0 fully saturated rings. The van der Waals surface area contributed by atoms with Crippen LogP contribution in [0.3, 0.4) is 0 Å². The van der Waals surface area contributed by atoms with E-state index in [4.69, 9.17) is 0 Å². The molecule has 0 saturated carbocycles. The maximum Gasteiger partial charge on any atom is 0.00117 e. The van der Waals surface area contributed by atoms with Crippen LogP contribution in [0.1, 0.15) is 34.1 Å². The molecule has 0 spiro atoms. The third-order valence-electron chi connectivity index (χ3n) is 1.73. The van der Waals surface area contributed by atoms with Gasteiger partial charge in [-0.15, -0.1) is 0 Å². The first-order chi connectivity index (χ1) is 5.29. The van der Waals surface area contributed by atoms with Gasteiger partial charge in [0.2, 0.25) is 0 Å². The van der Waals surface area contributed by atoms with E-state index in [-0.39, 0.29) is 0 Å². The highest BCUT2D eigenvalue weighted by Crippen LogP contribution is 2.07. The fourth-order valence-corrected chi connectivity index (χ4v) is 1.24. The van der Waals surface area contributed by atoms with Gasteiger partial charge in [0.1, 0.15) is 0 Å². The molecule has 0 aromatic rings. The summed E-state index contributed by atoms with van der Waals surface area (Å²) in [4.78, 5) is 0. The fourth-order valence-electron chi connectivity index (χ4n) is 1.24. The van der Waals surface area contributed by atoms with Gasteiger partial charge >= 0.3 is 0 Å². The SMILES string of the molecule is CC.CC1=CC(C)CNCC1. The van der Waals surface area contributed by atoms with Crippen molar-refractivity contribution >= 4 is 0 Å². The van der Waals surface area contributed by atoms with E-state index in [1.165, 1.54) is 12.0 Å². The van der Waals surface area contributed by atoms with Crippen LogP contribution in [-0.4, -0.2) is 13.1 Å². The van der Waals surface area contributed by atoms with Crippen molar-refractivity contribution in [2.24, 2.45) is 5.92 Å². The van der Waals surface area contributed by atoms with Crippen LogP contribution in [0.2, 0.25) is 0 Å². The largest absolute Gasteiger partial charge is 0.316 e. The first-order valence-corrected chi connectivity index (χ1v) is 4.67. The Morgan fingerprint density at radius 2 is 2.09 bits per heavy atom. The van der Waals surface area contributed by atoms with Crippen LogP contribution in [-0.2, 0) is 0 Å². The molecule has 1 atom stereocenters. The van der Waals surface area contributed by atoms with Crippen molar-refractivity contribution in [1.29, 1.82) is 0 Å². The van der Waals surface area contributed by atoms with E-state index < -0.39 is 0 Å². The standard InChI is InChI=1S/C8H15N.C2H6/c1-7-3-4-9-6-8(2)5-7;1-2/h5,8-9H,3-4,6H2,1-2H3;1-2H3. The van der Waals surface area contributed by atoms with Crippen LogP contribution < -0.4 is 5.32 Å². The molecular weight excluding hydrogens is 134 g/mol. The van der Waals surface area contributed by atoms with Crippen molar-refractivity contribution in [3.05, 3.63) is 11.6 Å². The first kappa shape index (κ1) is 10.7. The summed E-state index contributed by atoms with van der Waals surface area (Å²) in [6.45, 7) is 10.8. The lowest BCUT2D eigenvalue weighted by molar-refractivity contribution is 0.617. The van der Waals surface area contributed by atoms with Crippen LogP contribution >= 0.6 is 0 Å². The zero-order valence-corrected chi connectivity index (χ0v) is 8.28. The molecule has 0 bridgehead atoms. The Balaban J connectivity index is 0.000000461. The van der Waals surface area contributed by atoms with Crippen molar-refractivity contribution in [3.8, 4) is 0 Å². The van der Waals surface area contributed by atoms with Gasteiger partial charge in [0.25, 0.3) is 0 Å². The molecule has 1 rings (SSSR count). The maximum atomic E-state index is 3.38. The zero-order chi connectivity index (χ0) is 8.69. The summed E-state index contributed by atoms with van der Waals surface area (Å²) in [6.07, 6.45) is 3.59. The Morgan fingerprint density at radius 3 is 2.73 bits per heavy atom. The molecule has 1 aliphatic rings. The van der Waals surface area contributed by atoms with E-state index in [1.807, 2.05) is 13.8 Å². The van der Waals surface area contributed by atoms with Gasteiger partial charge in [-0.25, -0.2) is 0 Å². The molecule has 1 heterocycles. The van der Waals surface area contributed by atoms with Crippen molar-refractivity contribution in [1.82, 2.24) is 5.32 Å². The maximum absolute atomic E-state index is 3.38. The molecule has 0 radical (unpaired) electrons. The van der Waals surface area contributed by atoms with E-state index in [0.29, 0.717) is 0 Å². The summed E-state index contributed by atoms with van der Waals surface area (Å²) in [6, 6.07) is 0. The van der Waals surface area contributed by atoms with Crippen molar-refractivity contribution in [3.63, 3.8) is 0 Å². The normalized spacial score (nSPS) is 24.4. The highest BCUT2D eigenvalue weighted by Gasteiger charge is 2.02. The Kier molecular flexibility index (Phi) is 6.24. The van der Waals surface area contributed by atoms with Crippen LogP contribution in [0, 0.1) is 5.92 Å². The molecule has 66 valence electrons. The van der Waals surface area contributed by atoms with E-state index in [9.17, 15) is 0 Å². The summed E-state index contributed by atoms with van der Waals surface area (Å²) in [5.74, 6) is 0.729. The van der Waals surface area contributed by atoms with Gasteiger partial charge in [-0.3, -0.25) is 0 Å². The third kappa shape index (κ3) is 5.02. The molecule has 1 aliphatic heterocycles. The van der Waals surface area contributed by atoms with Gasteiger partial charge in [0.05, 0.1) is 0 Å². The predicted molar refractivity (Wildman–Crippen MR) is 51.8 cm³/mol. The van der Waals surface area contributed by atoms with Crippen LogP contribution in [0.15, 0.2) is 11.6 Å². The average Bonchev–Trinajstić information content (AvgIpc) is 2.18. The summed E-state index contributed by atoms with van der Waals surface area (Å²) in [7, 11) is 0. The predicted octanol–water partition coefficient (Wildman–Crippen LogP) is 2.59. The van der Waals surface area contributed by atoms with Gasteiger partial charge in [-0.2, -0.15) is 0 Å². The highest BCUT2D eigenvalue weighted by molar-refractivity contribution is 5.03. The quantitative estimate of drug-likeness (QED) is 0.530. The molecule has 1 N–H and O–H groups in total. The monoisotopic (exact) mass is 155 g/mol. The van der Waals surface area contributed by atoms with Crippen LogP contribution in [0.4, 0.5) is 0 Å². The van der Waals surface area contributed by atoms with E-state index in [1.54, 1.807) is 0 Å². The van der Waals surface area contributed by atoms with Gasteiger partial charge in [-0.05, 0) is 25.8 Å². The minimum absolute atomic E-state index is 0.729. The van der Waals surface area contributed by atoms with Crippen molar-refractivity contribution in [2.75, 3.05) is 13.1 Å². The lowest BCUT2D eigenvalue weighted by atomic mass is 10.1. The molecule has 11 heavy (non-hydrogen) atoms. The van der Waals surface area contributed by atoms with E-state index in [2.05, 4.69) is 25.2 Å². The Labute approximate surface area is 70.9 Å². The Bertz CT molecular complexity index is 116. The second-order valence-corrected chi connectivity index (χ2v) is 2.94. The zero-order valence-electron chi connectivity index (χ0n) is 8.28. The third-order valence-corrected chi connectivity index (χ3v) is 1.73. The minimum atomic E-state index is 0.729. The number of hydrogen-bond acceptors (Lipinski definition) is 1. The molecule has 0 aliphatic carbocycles. The van der Waals surface area contributed by atoms with Gasteiger partial charge in [0.15, 0.2) is 0 Å². The Morgan fingerprint density at radius 1 is 1.45 bits per heavy atom. The average molecular weight is 155 g/mol. The molecular formula is C10H21N. The Hall–Kier alpha value is -0.300. The number of hydrogen-bond donors (Lipinski definition) is 1. The smallest absolute Gasteiger partial charge is 0.00117 e. The van der Waals surface area contributed by atoms with Crippen molar-refractivity contribution < 1.29 is 0 Å². The summed E-state index contributed by atoms with van der Waals surface area (Å²) < 4.78 is 0. The minimum Gasteiger partial charge on any atom is -0.316 e. The summed E-state index contributed by atoms with van der Waals surface area (Å²) >= 11 is 0. The van der Waals surface area contributed by atoms with E-state index in [0.717, 1.165) is 19.0 Å². The molecule has 1 heteroatoms. The topological polar surface area (TPSA) is 12.0 Å². The van der Waals surface area contributed by atoms with Crippen LogP contribution in [0.25, 0.3) is 0 Å². The second-order valence-electron chi connectivity index (χ2n) is 2.94. The molecule has 1 nitrogen and oxygen atoms in total. The lowest BCUT2D eigenvalue weighted by Crippen LogP contribution is -2.18. The fraction of sp³-hybridized carbons (Fsp3) is 0.800. The molecule has 0 aromatic carbocycles. The number of nitrogens with one attached hydrogen (secondary N) is 1. The van der Waals surface area contributed by atoms with E-state index >= 15 is 0 Å². The molecule has 0 saturated heterocycles. The molecule has 0 amide bonds. The van der Waals surface area contributed by atoms with Gasteiger partial charge in [-0.1, -0.05) is 32.4 Å². The second kappa shape index (κ2) is 6.41. The molecule has 0 aromatic heterocycles. The summed E-state index contributed by atoms with van der Waals surface area (Å²) in [5, 5.41) is 3.38. The lowest BCUT2D eigenvalue weighted by Gasteiger charge is -2.01. The summed E-state index contributed by atoms with van der Waals surface area (Å²) in [5.41, 5.74) is 1.53. The highest BCUT2D eigenvalue weighted by atomic mass is 14.9. The first-order valence-electron chi connectivity index (χ1n) is 4.67. The van der Waals surface area contributed by atoms with Gasteiger partial charge < -0.3 is 5.32 Å². The van der Waals surface area contributed by atoms with Crippen molar-refractivity contribution in [2.45, 2.75) is 34.1 Å². The number of rotatable bonds is 0. The molecule has 1 unspecified atom stereocenters. The van der Waals surface area contributed by atoms with Crippen LogP contribution in [0.5, 0.6) is 0 Å². The van der Waals surface area contributed by atoms with Gasteiger partial charge in [0, 0.05) is 6.54 Å².